The Labute approximate surface area is 152 Å². The molecule has 0 aromatic heterocycles. The quantitative estimate of drug-likeness (QED) is 0.739. The molecule has 0 spiro atoms. The molecule has 25 heavy (non-hydrogen) atoms. The van der Waals surface area contributed by atoms with Gasteiger partial charge in [-0.2, -0.15) is 0 Å². The zero-order valence-electron chi connectivity index (χ0n) is 14.3. The van der Waals surface area contributed by atoms with Crippen LogP contribution in [0.4, 0.5) is 5.69 Å². The highest BCUT2D eigenvalue weighted by Gasteiger charge is 2.23. The summed E-state index contributed by atoms with van der Waals surface area (Å²) in [7, 11) is 0. The predicted molar refractivity (Wildman–Crippen MR) is 101 cm³/mol. The summed E-state index contributed by atoms with van der Waals surface area (Å²) in [6.07, 6.45) is 0. The summed E-state index contributed by atoms with van der Waals surface area (Å²) in [5.74, 6) is -1.03. The monoisotopic (exact) mass is 359 g/mol. The number of halogens is 1. The van der Waals surface area contributed by atoms with Gasteiger partial charge >= 0.3 is 0 Å². The van der Waals surface area contributed by atoms with Crippen LogP contribution in [0.2, 0.25) is 5.02 Å². The zero-order valence-corrected chi connectivity index (χ0v) is 15.0. The van der Waals surface area contributed by atoms with Crippen molar-refractivity contribution in [1.82, 2.24) is 5.32 Å². The maximum absolute atomic E-state index is 12.6. The van der Waals surface area contributed by atoms with E-state index in [1.54, 1.807) is 25.1 Å². The lowest BCUT2D eigenvalue weighted by atomic mass is 9.94. The molecule has 0 radical (unpaired) electrons. The number of hydrogen-bond acceptors (Lipinski definition) is 3. The highest BCUT2D eigenvalue weighted by atomic mass is 35.5. The lowest BCUT2D eigenvalue weighted by molar-refractivity contribution is -0.120. The Morgan fingerprint density at radius 3 is 2.48 bits per heavy atom. The topological polar surface area (TPSA) is 84.2 Å². The summed E-state index contributed by atoms with van der Waals surface area (Å²) in [5, 5.41) is 5.93. The number of amides is 2. The molecule has 2 atom stereocenters. The van der Waals surface area contributed by atoms with Gasteiger partial charge in [-0.05, 0) is 30.7 Å². The molecule has 0 aliphatic heterocycles. The maximum atomic E-state index is 12.6. The van der Waals surface area contributed by atoms with Crippen molar-refractivity contribution in [1.29, 1.82) is 0 Å². The van der Waals surface area contributed by atoms with Crippen molar-refractivity contribution in [3.63, 3.8) is 0 Å². The van der Waals surface area contributed by atoms with Crippen molar-refractivity contribution in [3.05, 3.63) is 64.7 Å². The van der Waals surface area contributed by atoms with E-state index in [1.807, 2.05) is 37.3 Å². The van der Waals surface area contributed by atoms with E-state index in [1.165, 1.54) is 0 Å². The second kappa shape index (κ2) is 8.65. The Bertz CT molecular complexity index is 750. The van der Waals surface area contributed by atoms with Crippen LogP contribution >= 0.6 is 11.6 Å². The summed E-state index contributed by atoms with van der Waals surface area (Å²) in [6, 6.07) is 13.7. The molecule has 0 saturated heterocycles. The van der Waals surface area contributed by atoms with Crippen LogP contribution in [0.15, 0.2) is 48.5 Å². The molecule has 0 aliphatic rings. The highest BCUT2D eigenvalue weighted by Crippen LogP contribution is 2.24. The van der Waals surface area contributed by atoms with E-state index in [4.69, 9.17) is 17.3 Å². The molecule has 0 aliphatic carbocycles. The van der Waals surface area contributed by atoms with Gasteiger partial charge in [-0.3, -0.25) is 9.59 Å². The van der Waals surface area contributed by atoms with Crippen molar-refractivity contribution < 1.29 is 9.59 Å². The number of carbonyl (C=O) groups is 2. The summed E-state index contributed by atoms with van der Waals surface area (Å²) >= 11 is 6.01. The van der Waals surface area contributed by atoms with Crippen LogP contribution in [0.25, 0.3) is 0 Å². The number of anilines is 1. The number of rotatable bonds is 6. The molecule has 2 aromatic carbocycles. The normalized spacial score (nSPS) is 13.0. The van der Waals surface area contributed by atoms with Gasteiger partial charge in [0.05, 0.1) is 17.2 Å². The molecule has 2 rings (SSSR count). The van der Waals surface area contributed by atoms with E-state index in [2.05, 4.69) is 10.6 Å². The van der Waals surface area contributed by atoms with Crippen LogP contribution < -0.4 is 16.4 Å². The molecule has 2 unspecified atom stereocenters. The third kappa shape index (κ3) is 4.81. The summed E-state index contributed by atoms with van der Waals surface area (Å²) in [5.41, 5.74) is 7.81. The fraction of sp³-hybridized carbons (Fsp3) is 0.263. The van der Waals surface area contributed by atoms with Crippen molar-refractivity contribution in [2.24, 2.45) is 11.7 Å². The summed E-state index contributed by atoms with van der Waals surface area (Å²) in [4.78, 5) is 24.8. The van der Waals surface area contributed by atoms with Gasteiger partial charge in [0.2, 0.25) is 5.91 Å². The highest BCUT2D eigenvalue weighted by molar-refractivity contribution is 6.31. The number of hydrogen-bond donors (Lipinski definition) is 3. The molecular weight excluding hydrogens is 338 g/mol. The van der Waals surface area contributed by atoms with Crippen molar-refractivity contribution in [2.75, 3.05) is 11.9 Å². The van der Waals surface area contributed by atoms with Crippen molar-refractivity contribution in [3.8, 4) is 0 Å². The maximum Gasteiger partial charge on any atom is 0.253 e. The minimum absolute atomic E-state index is 0.269. The number of nitrogens with one attached hydrogen (secondary N) is 2. The molecule has 0 bridgehead atoms. The minimum Gasteiger partial charge on any atom is -0.352 e. The van der Waals surface area contributed by atoms with Crippen LogP contribution in [0, 0.1) is 5.92 Å². The Balaban J connectivity index is 2.19. The molecule has 0 fully saturated rings. The third-order valence-electron chi connectivity index (χ3n) is 3.96. The average molecular weight is 360 g/mol. The molecule has 5 nitrogen and oxygen atoms in total. The number of carbonyl (C=O) groups excluding carboxylic acids is 2. The van der Waals surface area contributed by atoms with Crippen LogP contribution in [-0.4, -0.2) is 18.4 Å². The minimum atomic E-state index is -0.483. The first kappa shape index (κ1) is 19.0. The second-order valence-electron chi connectivity index (χ2n) is 5.76. The van der Waals surface area contributed by atoms with Crippen LogP contribution in [0.3, 0.4) is 0 Å². The van der Waals surface area contributed by atoms with Gasteiger partial charge in [-0.1, -0.05) is 48.9 Å². The van der Waals surface area contributed by atoms with Gasteiger partial charge in [-0.15, -0.1) is 0 Å². The molecule has 2 amide bonds. The number of benzene rings is 2. The van der Waals surface area contributed by atoms with E-state index < -0.39 is 12.0 Å². The Kier molecular flexibility index (Phi) is 6.56. The van der Waals surface area contributed by atoms with E-state index in [-0.39, 0.29) is 11.8 Å². The molecule has 0 saturated carbocycles. The van der Waals surface area contributed by atoms with E-state index in [9.17, 15) is 9.59 Å². The number of nitrogens with two attached hydrogens (primary N) is 1. The van der Waals surface area contributed by atoms with Crippen molar-refractivity contribution >= 4 is 29.1 Å². The Morgan fingerprint density at radius 1 is 1.16 bits per heavy atom. The lowest BCUT2D eigenvalue weighted by Gasteiger charge is -2.20. The smallest absolute Gasteiger partial charge is 0.253 e. The van der Waals surface area contributed by atoms with Crippen LogP contribution in [0.1, 0.15) is 35.8 Å². The first-order chi connectivity index (χ1) is 11.9. The van der Waals surface area contributed by atoms with Gasteiger partial charge in [0, 0.05) is 17.6 Å². The second-order valence-corrected chi connectivity index (χ2v) is 6.20. The Hall–Kier alpha value is -2.37. The van der Waals surface area contributed by atoms with Crippen molar-refractivity contribution in [2.45, 2.75) is 19.9 Å². The standard InChI is InChI=1S/C19H22ClN3O2/c1-3-22-19(25)15-10-9-14(20)11-16(15)23-18(24)12(2)17(21)13-7-5-4-6-8-13/h4-12,17H,3,21H2,1-2H3,(H,22,25)(H,23,24). The fourth-order valence-electron chi connectivity index (χ4n) is 2.45. The van der Waals surface area contributed by atoms with Gasteiger partial charge in [0.1, 0.15) is 0 Å². The summed E-state index contributed by atoms with van der Waals surface area (Å²) in [6.45, 7) is 4.07. The first-order valence-corrected chi connectivity index (χ1v) is 8.51. The molecule has 4 N–H and O–H groups in total. The van der Waals surface area contributed by atoms with E-state index in [0.717, 1.165) is 5.56 Å². The Morgan fingerprint density at radius 2 is 1.84 bits per heavy atom. The molecule has 132 valence electrons. The fourth-order valence-corrected chi connectivity index (χ4v) is 2.62. The van der Waals surface area contributed by atoms with Gasteiger partial charge in [0.25, 0.3) is 5.91 Å². The average Bonchev–Trinajstić information content (AvgIpc) is 2.61. The largest absolute Gasteiger partial charge is 0.352 e. The molecular formula is C19H22ClN3O2. The van der Waals surface area contributed by atoms with Crippen LogP contribution in [0.5, 0.6) is 0 Å². The third-order valence-corrected chi connectivity index (χ3v) is 4.19. The van der Waals surface area contributed by atoms with Gasteiger partial charge in [-0.25, -0.2) is 0 Å². The van der Waals surface area contributed by atoms with Crippen LogP contribution in [-0.2, 0) is 4.79 Å². The predicted octanol–water partition coefficient (Wildman–Crippen LogP) is 3.36. The lowest BCUT2D eigenvalue weighted by Crippen LogP contribution is -2.31. The molecule has 2 aromatic rings. The molecule has 0 heterocycles. The first-order valence-electron chi connectivity index (χ1n) is 8.13. The zero-order chi connectivity index (χ0) is 18.4. The van der Waals surface area contributed by atoms with Gasteiger partial charge < -0.3 is 16.4 Å². The molecule has 6 heteroatoms. The van der Waals surface area contributed by atoms with Gasteiger partial charge in [0.15, 0.2) is 0 Å². The van der Waals surface area contributed by atoms with E-state index >= 15 is 0 Å². The van der Waals surface area contributed by atoms with E-state index in [0.29, 0.717) is 22.8 Å². The summed E-state index contributed by atoms with van der Waals surface area (Å²) < 4.78 is 0. The SMILES string of the molecule is CCNC(=O)c1ccc(Cl)cc1NC(=O)C(C)C(N)c1ccccc1.